The molecule has 0 unspecified atom stereocenters. The number of nitrogens with one attached hydrogen (secondary N) is 1. The number of benzene rings is 1. The van der Waals surface area contributed by atoms with Crippen molar-refractivity contribution < 1.29 is 14.6 Å². The molecule has 2 N–H and O–H groups in total. The maximum Gasteiger partial charge on any atom is 0.345 e. The van der Waals surface area contributed by atoms with Crippen LogP contribution in [0.3, 0.4) is 0 Å². The zero-order chi connectivity index (χ0) is 15.2. The van der Waals surface area contributed by atoms with Crippen LogP contribution in [0, 0.1) is 6.92 Å². The molecule has 0 amide bonds. The highest BCUT2D eigenvalue weighted by Crippen LogP contribution is 2.21. The first kappa shape index (κ1) is 15.7. The number of hydrogen-bond donors (Lipinski definition) is 2. The van der Waals surface area contributed by atoms with Gasteiger partial charge in [-0.05, 0) is 29.7 Å². The van der Waals surface area contributed by atoms with Crippen molar-refractivity contribution in [2.24, 2.45) is 0 Å². The van der Waals surface area contributed by atoms with Gasteiger partial charge in [-0.15, -0.1) is 11.3 Å². The Morgan fingerprint density at radius 3 is 2.71 bits per heavy atom. The molecular formula is C16H19NO3S. The molecule has 2 aromatic rings. The number of methoxy groups -OCH3 is 1. The van der Waals surface area contributed by atoms with Crippen molar-refractivity contribution >= 4 is 17.3 Å². The van der Waals surface area contributed by atoms with Gasteiger partial charge < -0.3 is 15.2 Å². The van der Waals surface area contributed by atoms with Crippen LogP contribution >= 0.6 is 11.3 Å². The van der Waals surface area contributed by atoms with Crippen molar-refractivity contribution in [1.82, 2.24) is 5.32 Å². The fourth-order valence-electron chi connectivity index (χ4n) is 2.14. The van der Waals surface area contributed by atoms with E-state index in [1.165, 1.54) is 16.9 Å². The van der Waals surface area contributed by atoms with Gasteiger partial charge in [-0.25, -0.2) is 4.79 Å². The molecule has 5 heteroatoms. The molecule has 0 saturated carbocycles. The third-order valence-electron chi connectivity index (χ3n) is 3.18. The van der Waals surface area contributed by atoms with Crippen LogP contribution in [0.25, 0.3) is 0 Å². The van der Waals surface area contributed by atoms with Crippen LogP contribution in [0.5, 0.6) is 0 Å². The maximum absolute atomic E-state index is 10.9. The molecule has 1 aromatic carbocycles. The summed E-state index contributed by atoms with van der Waals surface area (Å²) in [5.41, 5.74) is 3.39. The van der Waals surface area contributed by atoms with E-state index in [1.807, 2.05) is 19.1 Å². The van der Waals surface area contributed by atoms with Gasteiger partial charge >= 0.3 is 5.97 Å². The number of carboxylic acids is 1. The van der Waals surface area contributed by atoms with E-state index in [0.29, 0.717) is 18.0 Å². The number of aromatic carboxylic acids is 1. The Kier molecular flexibility index (Phi) is 5.50. The van der Waals surface area contributed by atoms with Gasteiger partial charge in [0.15, 0.2) is 0 Å². The van der Waals surface area contributed by atoms with Crippen LogP contribution in [0.4, 0.5) is 0 Å². The number of hydrogen-bond acceptors (Lipinski definition) is 4. The molecule has 4 nitrogen and oxygen atoms in total. The van der Waals surface area contributed by atoms with Crippen LogP contribution < -0.4 is 5.32 Å². The van der Waals surface area contributed by atoms with Gasteiger partial charge in [-0.3, -0.25) is 0 Å². The minimum Gasteiger partial charge on any atom is -0.477 e. The SMILES string of the molecule is COCc1cccc(CNCc2cc(C(=O)O)sc2C)c1. The average Bonchev–Trinajstić information content (AvgIpc) is 2.82. The van der Waals surface area contributed by atoms with Crippen LogP contribution in [-0.2, 0) is 24.4 Å². The monoisotopic (exact) mass is 305 g/mol. The lowest BCUT2D eigenvalue weighted by atomic mass is 10.1. The molecule has 0 fully saturated rings. The third kappa shape index (κ3) is 4.39. The fraction of sp³-hybridized carbons (Fsp3) is 0.312. The summed E-state index contributed by atoms with van der Waals surface area (Å²) in [5.74, 6) is -0.860. The molecule has 0 aliphatic rings. The van der Waals surface area contributed by atoms with Crippen molar-refractivity contribution in [2.75, 3.05) is 7.11 Å². The largest absolute Gasteiger partial charge is 0.477 e. The topological polar surface area (TPSA) is 58.6 Å². The van der Waals surface area contributed by atoms with Gasteiger partial charge in [-0.1, -0.05) is 24.3 Å². The summed E-state index contributed by atoms with van der Waals surface area (Å²) in [4.78, 5) is 12.4. The average molecular weight is 305 g/mol. The molecule has 21 heavy (non-hydrogen) atoms. The quantitative estimate of drug-likeness (QED) is 0.825. The second-order valence-electron chi connectivity index (χ2n) is 4.85. The second kappa shape index (κ2) is 7.36. The lowest BCUT2D eigenvalue weighted by Gasteiger charge is -2.07. The summed E-state index contributed by atoms with van der Waals surface area (Å²) in [6, 6.07) is 9.98. The zero-order valence-electron chi connectivity index (χ0n) is 12.2. The predicted octanol–water partition coefficient (Wildman–Crippen LogP) is 3.19. The van der Waals surface area contributed by atoms with E-state index in [2.05, 4.69) is 17.4 Å². The molecule has 1 aromatic heterocycles. The van der Waals surface area contributed by atoms with E-state index >= 15 is 0 Å². The summed E-state index contributed by atoms with van der Waals surface area (Å²) < 4.78 is 5.12. The molecule has 0 radical (unpaired) electrons. The zero-order valence-corrected chi connectivity index (χ0v) is 13.0. The summed E-state index contributed by atoms with van der Waals surface area (Å²) in [6.07, 6.45) is 0. The number of carbonyl (C=O) groups is 1. The number of carboxylic acid groups (broad SMARTS) is 1. The highest BCUT2D eigenvalue weighted by atomic mass is 32.1. The maximum atomic E-state index is 10.9. The van der Waals surface area contributed by atoms with Gasteiger partial charge in [0.2, 0.25) is 0 Å². The Morgan fingerprint density at radius 2 is 2.05 bits per heavy atom. The van der Waals surface area contributed by atoms with Gasteiger partial charge in [0, 0.05) is 25.1 Å². The first-order valence-electron chi connectivity index (χ1n) is 6.70. The van der Waals surface area contributed by atoms with Crippen molar-refractivity contribution in [1.29, 1.82) is 0 Å². The fourth-order valence-corrected chi connectivity index (χ4v) is 3.02. The molecular weight excluding hydrogens is 286 g/mol. The number of thiophene rings is 1. The van der Waals surface area contributed by atoms with Crippen LogP contribution in [0.1, 0.15) is 31.2 Å². The molecule has 0 saturated heterocycles. The summed E-state index contributed by atoms with van der Waals surface area (Å²) >= 11 is 1.32. The van der Waals surface area contributed by atoms with Crippen molar-refractivity contribution in [2.45, 2.75) is 26.6 Å². The highest BCUT2D eigenvalue weighted by molar-refractivity contribution is 7.14. The Hall–Kier alpha value is -1.69. The normalized spacial score (nSPS) is 10.8. The molecule has 0 spiro atoms. The van der Waals surface area contributed by atoms with E-state index in [9.17, 15) is 4.79 Å². The van der Waals surface area contributed by atoms with E-state index in [0.717, 1.165) is 22.5 Å². The van der Waals surface area contributed by atoms with E-state index < -0.39 is 5.97 Å². The van der Waals surface area contributed by atoms with E-state index in [-0.39, 0.29) is 0 Å². The number of aryl methyl sites for hydroxylation is 1. The van der Waals surface area contributed by atoms with Gasteiger partial charge in [0.25, 0.3) is 0 Å². The first-order chi connectivity index (χ1) is 10.1. The second-order valence-corrected chi connectivity index (χ2v) is 6.11. The summed E-state index contributed by atoms with van der Waals surface area (Å²) in [5, 5.41) is 12.3. The van der Waals surface area contributed by atoms with Crippen molar-refractivity contribution in [3.63, 3.8) is 0 Å². The van der Waals surface area contributed by atoms with Crippen LogP contribution in [-0.4, -0.2) is 18.2 Å². The van der Waals surface area contributed by atoms with E-state index in [4.69, 9.17) is 9.84 Å². The molecule has 2 rings (SSSR count). The molecule has 0 aliphatic carbocycles. The van der Waals surface area contributed by atoms with Crippen LogP contribution in [0.15, 0.2) is 30.3 Å². The van der Waals surface area contributed by atoms with Crippen molar-refractivity contribution in [3.8, 4) is 0 Å². The summed E-state index contributed by atoms with van der Waals surface area (Å²) in [6.45, 7) is 3.98. The van der Waals surface area contributed by atoms with Crippen molar-refractivity contribution in [3.05, 3.63) is 56.8 Å². The molecule has 0 atom stereocenters. The smallest absolute Gasteiger partial charge is 0.345 e. The van der Waals surface area contributed by atoms with Gasteiger partial charge in [0.05, 0.1) is 6.61 Å². The third-order valence-corrected chi connectivity index (χ3v) is 4.26. The molecule has 1 heterocycles. The lowest BCUT2D eigenvalue weighted by Crippen LogP contribution is -2.13. The molecule has 0 bridgehead atoms. The Balaban J connectivity index is 1.92. The first-order valence-corrected chi connectivity index (χ1v) is 7.52. The lowest BCUT2D eigenvalue weighted by molar-refractivity contribution is 0.0702. The van der Waals surface area contributed by atoms with Gasteiger partial charge in [-0.2, -0.15) is 0 Å². The molecule has 0 aliphatic heterocycles. The predicted molar refractivity (Wildman–Crippen MR) is 83.7 cm³/mol. The Morgan fingerprint density at radius 1 is 1.29 bits per heavy atom. The Bertz CT molecular complexity index is 622. The highest BCUT2D eigenvalue weighted by Gasteiger charge is 2.10. The molecule has 112 valence electrons. The van der Waals surface area contributed by atoms with Gasteiger partial charge in [0.1, 0.15) is 4.88 Å². The Labute approximate surface area is 128 Å². The summed E-state index contributed by atoms with van der Waals surface area (Å²) in [7, 11) is 1.68. The minimum absolute atomic E-state index is 0.395. The number of rotatable bonds is 7. The minimum atomic E-state index is -0.860. The van der Waals surface area contributed by atoms with E-state index in [1.54, 1.807) is 13.2 Å². The number of ether oxygens (including phenoxy) is 1. The van der Waals surface area contributed by atoms with Crippen LogP contribution in [0.2, 0.25) is 0 Å². The standard InChI is InChI=1S/C16H19NO3S/c1-11-14(7-15(21-11)16(18)19)9-17-8-12-4-3-5-13(6-12)10-20-2/h3-7,17H,8-10H2,1-2H3,(H,18,19).